The number of anilines is 1. The maximum absolute atomic E-state index is 6.09. The molecule has 0 atom stereocenters. The van der Waals surface area contributed by atoms with Crippen LogP contribution in [0.3, 0.4) is 0 Å². The van der Waals surface area contributed by atoms with Crippen molar-refractivity contribution >= 4 is 28.3 Å². The van der Waals surface area contributed by atoms with E-state index < -0.39 is 0 Å². The van der Waals surface area contributed by atoms with Crippen molar-refractivity contribution in [2.45, 2.75) is 13.3 Å². The molecule has 0 saturated carbocycles. The Morgan fingerprint density at radius 3 is 2.67 bits per heavy atom. The first kappa shape index (κ1) is 13.8. The van der Waals surface area contributed by atoms with Gasteiger partial charge in [-0.05, 0) is 30.2 Å². The lowest BCUT2D eigenvalue weighted by atomic mass is 10.0. The summed E-state index contributed by atoms with van der Waals surface area (Å²) in [5.74, 6) is 1.55. The maximum atomic E-state index is 6.09. The SMILES string of the molecule is CCc1ccccc1-c1nc(NC)c2ccc(Cl)cc2n1. The molecule has 3 rings (SSSR count). The normalized spacial score (nSPS) is 10.8. The minimum Gasteiger partial charge on any atom is -0.373 e. The van der Waals surface area contributed by atoms with E-state index >= 15 is 0 Å². The first-order chi connectivity index (χ1) is 10.2. The Kier molecular flexibility index (Phi) is 3.76. The molecule has 21 heavy (non-hydrogen) atoms. The number of halogens is 1. The number of nitrogens with one attached hydrogen (secondary N) is 1. The van der Waals surface area contributed by atoms with Crippen molar-refractivity contribution in [2.75, 3.05) is 12.4 Å². The average molecular weight is 298 g/mol. The molecule has 0 fully saturated rings. The molecule has 0 bridgehead atoms. The highest BCUT2D eigenvalue weighted by Crippen LogP contribution is 2.28. The van der Waals surface area contributed by atoms with Crippen LogP contribution in [0, 0.1) is 0 Å². The summed E-state index contributed by atoms with van der Waals surface area (Å²) in [6.45, 7) is 2.13. The summed E-state index contributed by atoms with van der Waals surface area (Å²) in [5.41, 5.74) is 3.15. The second-order valence-electron chi connectivity index (χ2n) is 4.82. The Morgan fingerprint density at radius 1 is 1.10 bits per heavy atom. The molecule has 0 spiro atoms. The fourth-order valence-electron chi connectivity index (χ4n) is 2.46. The molecule has 0 aliphatic heterocycles. The van der Waals surface area contributed by atoms with Crippen molar-refractivity contribution < 1.29 is 0 Å². The van der Waals surface area contributed by atoms with Crippen LogP contribution >= 0.6 is 11.6 Å². The molecule has 4 heteroatoms. The van der Waals surface area contributed by atoms with E-state index in [1.54, 1.807) is 0 Å². The lowest BCUT2D eigenvalue weighted by Crippen LogP contribution is -2.00. The Morgan fingerprint density at radius 2 is 1.90 bits per heavy atom. The van der Waals surface area contributed by atoms with Gasteiger partial charge in [0.15, 0.2) is 5.82 Å². The molecule has 106 valence electrons. The van der Waals surface area contributed by atoms with Crippen molar-refractivity contribution in [3.05, 3.63) is 53.1 Å². The summed E-state index contributed by atoms with van der Waals surface area (Å²) in [6, 6.07) is 13.9. The summed E-state index contributed by atoms with van der Waals surface area (Å²) in [7, 11) is 1.87. The fourth-order valence-corrected chi connectivity index (χ4v) is 2.63. The molecule has 1 heterocycles. The number of aromatic nitrogens is 2. The van der Waals surface area contributed by atoms with Gasteiger partial charge in [-0.1, -0.05) is 42.8 Å². The van der Waals surface area contributed by atoms with Crippen molar-refractivity contribution in [1.82, 2.24) is 9.97 Å². The number of hydrogen-bond donors (Lipinski definition) is 1. The van der Waals surface area contributed by atoms with Gasteiger partial charge in [0.1, 0.15) is 5.82 Å². The van der Waals surface area contributed by atoms with Crippen LogP contribution in [0.4, 0.5) is 5.82 Å². The molecule has 0 radical (unpaired) electrons. The van der Waals surface area contributed by atoms with Crippen LogP contribution in [0.15, 0.2) is 42.5 Å². The zero-order chi connectivity index (χ0) is 14.8. The van der Waals surface area contributed by atoms with Crippen molar-refractivity contribution in [1.29, 1.82) is 0 Å². The first-order valence-electron chi connectivity index (χ1n) is 6.96. The topological polar surface area (TPSA) is 37.8 Å². The molecular formula is C17H16ClN3. The highest BCUT2D eigenvalue weighted by molar-refractivity contribution is 6.31. The molecule has 0 amide bonds. The minimum absolute atomic E-state index is 0.679. The number of hydrogen-bond acceptors (Lipinski definition) is 3. The largest absolute Gasteiger partial charge is 0.373 e. The first-order valence-corrected chi connectivity index (χ1v) is 7.34. The monoisotopic (exact) mass is 297 g/mol. The van der Waals surface area contributed by atoms with Gasteiger partial charge in [0.25, 0.3) is 0 Å². The van der Waals surface area contributed by atoms with E-state index in [0.717, 1.165) is 34.5 Å². The van der Waals surface area contributed by atoms with E-state index in [0.29, 0.717) is 5.02 Å². The molecule has 1 aromatic heterocycles. The molecule has 0 saturated heterocycles. The van der Waals surface area contributed by atoms with E-state index in [2.05, 4.69) is 34.3 Å². The van der Waals surface area contributed by atoms with Gasteiger partial charge in [0.05, 0.1) is 5.52 Å². The third-order valence-corrected chi connectivity index (χ3v) is 3.77. The molecule has 0 unspecified atom stereocenters. The van der Waals surface area contributed by atoms with Gasteiger partial charge in [-0.15, -0.1) is 0 Å². The Labute approximate surface area is 129 Å². The lowest BCUT2D eigenvalue weighted by Gasteiger charge is -2.11. The van der Waals surface area contributed by atoms with E-state index in [1.165, 1.54) is 5.56 Å². The molecule has 0 aliphatic rings. The summed E-state index contributed by atoms with van der Waals surface area (Å²) in [6.07, 6.45) is 0.946. The summed E-state index contributed by atoms with van der Waals surface area (Å²) < 4.78 is 0. The molecule has 3 aromatic rings. The Bertz CT molecular complexity index is 799. The standard InChI is InChI=1S/C17H16ClN3/c1-3-11-6-4-5-7-13(11)17-20-15-10-12(18)8-9-14(15)16(19-2)21-17/h4-10H,3H2,1-2H3,(H,19,20,21). The van der Waals surface area contributed by atoms with Crippen LogP contribution in [0.1, 0.15) is 12.5 Å². The number of aryl methyl sites for hydroxylation is 1. The summed E-state index contributed by atoms with van der Waals surface area (Å²) in [4.78, 5) is 9.35. The maximum Gasteiger partial charge on any atom is 0.162 e. The third-order valence-electron chi connectivity index (χ3n) is 3.53. The highest BCUT2D eigenvalue weighted by atomic mass is 35.5. The Balaban J connectivity index is 2.28. The van der Waals surface area contributed by atoms with Crippen molar-refractivity contribution in [3.8, 4) is 11.4 Å². The predicted octanol–water partition coefficient (Wildman–Crippen LogP) is 4.55. The van der Waals surface area contributed by atoms with Crippen LogP contribution in [0.25, 0.3) is 22.3 Å². The molecule has 3 nitrogen and oxygen atoms in total. The van der Waals surface area contributed by atoms with E-state index in [9.17, 15) is 0 Å². The zero-order valence-corrected chi connectivity index (χ0v) is 12.8. The van der Waals surface area contributed by atoms with Gasteiger partial charge >= 0.3 is 0 Å². The van der Waals surface area contributed by atoms with Gasteiger partial charge in [-0.3, -0.25) is 0 Å². The number of fused-ring (bicyclic) bond motifs is 1. The second-order valence-corrected chi connectivity index (χ2v) is 5.25. The summed E-state index contributed by atoms with van der Waals surface area (Å²) >= 11 is 6.09. The Hall–Kier alpha value is -2.13. The molecule has 2 aromatic carbocycles. The van der Waals surface area contributed by atoms with Gasteiger partial charge in [-0.25, -0.2) is 9.97 Å². The van der Waals surface area contributed by atoms with Crippen molar-refractivity contribution in [2.24, 2.45) is 0 Å². The quantitative estimate of drug-likeness (QED) is 0.770. The van der Waals surface area contributed by atoms with Gasteiger partial charge in [0.2, 0.25) is 0 Å². The smallest absolute Gasteiger partial charge is 0.162 e. The van der Waals surface area contributed by atoms with Crippen LogP contribution in [-0.4, -0.2) is 17.0 Å². The van der Waals surface area contributed by atoms with Crippen LogP contribution in [0.5, 0.6) is 0 Å². The van der Waals surface area contributed by atoms with Crippen LogP contribution in [-0.2, 0) is 6.42 Å². The second kappa shape index (κ2) is 5.70. The van der Waals surface area contributed by atoms with Crippen molar-refractivity contribution in [3.63, 3.8) is 0 Å². The fraction of sp³-hybridized carbons (Fsp3) is 0.176. The van der Waals surface area contributed by atoms with Crippen LogP contribution in [0.2, 0.25) is 5.02 Å². The van der Waals surface area contributed by atoms with E-state index in [4.69, 9.17) is 11.6 Å². The minimum atomic E-state index is 0.679. The van der Waals surface area contributed by atoms with Crippen LogP contribution < -0.4 is 5.32 Å². The van der Waals surface area contributed by atoms with Gasteiger partial charge in [0, 0.05) is 23.0 Å². The number of nitrogens with zero attached hydrogens (tertiary/aromatic N) is 2. The third kappa shape index (κ3) is 2.57. The van der Waals surface area contributed by atoms with E-state index in [1.807, 2.05) is 37.4 Å². The number of rotatable bonds is 3. The predicted molar refractivity (Wildman–Crippen MR) is 88.9 cm³/mol. The summed E-state index contributed by atoms with van der Waals surface area (Å²) in [5, 5.41) is 4.79. The van der Waals surface area contributed by atoms with Gasteiger partial charge in [-0.2, -0.15) is 0 Å². The number of benzene rings is 2. The molecular weight excluding hydrogens is 282 g/mol. The molecule has 0 aliphatic carbocycles. The van der Waals surface area contributed by atoms with Gasteiger partial charge < -0.3 is 5.32 Å². The average Bonchev–Trinajstić information content (AvgIpc) is 2.53. The zero-order valence-electron chi connectivity index (χ0n) is 12.0. The van der Waals surface area contributed by atoms with E-state index in [-0.39, 0.29) is 0 Å². The lowest BCUT2D eigenvalue weighted by molar-refractivity contribution is 1.12. The highest BCUT2D eigenvalue weighted by Gasteiger charge is 2.11. The molecule has 1 N–H and O–H groups in total.